The molecule has 104 valence electrons. The molecule has 1 rings (SSSR count). The van der Waals surface area contributed by atoms with E-state index in [4.69, 9.17) is 0 Å². The lowest BCUT2D eigenvalue weighted by atomic mass is 9.94. The number of hydrogen-bond acceptors (Lipinski definition) is 3. The minimum Gasteiger partial charge on any atom is -0.386 e. The zero-order valence-electron chi connectivity index (χ0n) is 11.7. The molecule has 18 heavy (non-hydrogen) atoms. The molecule has 4 nitrogen and oxygen atoms in total. The molecule has 0 aliphatic carbocycles. The molecule has 0 fully saturated rings. The number of aliphatic hydroxyl groups is 1. The average molecular weight is 318 g/mol. The molecule has 0 radical (unpaired) electrons. The highest BCUT2D eigenvalue weighted by Gasteiger charge is 2.24. The van der Waals surface area contributed by atoms with E-state index < -0.39 is 6.10 Å². The molecule has 0 bridgehead atoms. The fourth-order valence-electron chi connectivity index (χ4n) is 2.10. The van der Waals surface area contributed by atoms with Gasteiger partial charge in [0.2, 0.25) is 0 Å². The molecule has 0 aliphatic rings. The first-order valence-electron chi connectivity index (χ1n) is 6.55. The first kappa shape index (κ1) is 15.7. The lowest BCUT2D eigenvalue weighted by Gasteiger charge is -2.22. The van der Waals surface area contributed by atoms with Crippen molar-refractivity contribution in [1.82, 2.24) is 14.7 Å². The van der Waals surface area contributed by atoms with Crippen molar-refractivity contribution < 1.29 is 5.11 Å². The summed E-state index contributed by atoms with van der Waals surface area (Å²) in [6, 6.07) is 0. The molecular formula is C13H24BrN3O. The predicted octanol–water partition coefficient (Wildman–Crippen LogP) is 2.68. The molecule has 1 atom stereocenters. The molecule has 1 N–H and O–H groups in total. The number of hydrogen-bond donors (Lipinski definition) is 1. The van der Waals surface area contributed by atoms with Gasteiger partial charge in [0.25, 0.3) is 0 Å². The molecule has 0 saturated carbocycles. The SMILES string of the molecule is CCC(CC)C(O)c1c(Br)cnn1CCN(C)C. The zero-order chi connectivity index (χ0) is 13.7. The third-order valence-corrected chi connectivity index (χ3v) is 3.98. The molecule has 1 aromatic rings. The van der Waals surface area contributed by atoms with E-state index in [0.29, 0.717) is 0 Å². The Morgan fingerprint density at radius 1 is 1.39 bits per heavy atom. The van der Waals surface area contributed by atoms with Crippen LogP contribution in [0.2, 0.25) is 0 Å². The van der Waals surface area contributed by atoms with Gasteiger partial charge < -0.3 is 10.0 Å². The summed E-state index contributed by atoms with van der Waals surface area (Å²) in [4.78, 5) is 2.11. The van der Waals surface area contributed by atoms with Crippen molar-refractivity contribution >= 4 is 15.9 Å². The van der Waals surface area contributed by atoms with Gasteiger partial charge in [-0.1, -0.05) is 26.7 Å². The lowest BCUT2D eigenvalue weighted by molar-refractivity contribution is 0.0928. The highest BCUT2D eigenvalue weighted by molar-refractivity contribution is 9.10. The summed E-state index contributed by atoms with van der Waals surface area (Å²) < 4.78 is 2.81. The van der Waals surface area contributed by atoms with Gasteiger partial charge in [-0.15, -0.1) is 0 Å². The monoisotopic (exact) mass is 317 g/mol. The number of rotatable bonds is 7. The second-order valence-corrected chi connectivity index (χ2v) is 5.78. The van der Waals surface area contributed by atoms with E-state index in [2.05, 4.69) is 39.8 Å². The fraction of sp³-hybridized carbons (Fsp3) is 0.769. The third-order valence-electron chi connectivity index (χ3n) is 3.37. The molecular weight excluding hydrogens is 294 g/mol. The van der Waals surface area contributed by atoms with E-state index in [1.165, 1.54) is 0 Å². The molecule has 1 aromatic heterocycles. The molecule has 0 aromatic carbocycles. The summed E-state index contributed by atoms with van der Waals surface area (Å²) in [6.45, 7) is 5.94. The first-order chi connectivity index (χ1) is 8.51. The Labute approximate surface area is 118 Å². The molecule has 1 heterocycles. The minimum absolute atomic E-state index is 0.288. The Balaban J connectivity index is 2.89. The van der Waals surface area contributed by atoms with Crippen LogP contribution in [0.3, 0.4) is 0 Å². The van der Waals surface area contributed by atoms with Crippen LogP contribution in [0.15, 0.2) is 10.7 Å². The second-order valence-electron chi connectivity index (χ2n) is 4.93. The van der Waals surface area contributed by atoms with Gasteiger partial charge in [-0.05, 0) is 35.9 Å². The van der Waals surface area contributed by atoms with Crippen molar-refractivity contribution in [2.75, 3.05) is 20.6 Å². The maximum Gasteiger partial charge on any atom is 0.0995 e. The standard InChI is InChI=1S/C13H24BrN3O/c1-5-10(6-2)13(18)12-11(14)9-15-17(12)8-7-16(3)4/h9-10,13,18H,5-8H2,1-4H3. The van der Waals surface area contributed by atoms with Gasteiger partial charge in [0.05, 0.1) is 29.0 Å². The molecule has 5 heteroatoms. The summed E-state index contributed by atoms with van der Waals surface area (Å²) in [6.07, 6.45) is 3.28. The van der Waals surface area contributed by atoms with Crippen molar-refractivity contribution in [1.29, 1.82) is 0 Å². The maximum atomic E-state index is 10.5. The summed E-state index contributed by atoms with van der Waals surface area (Å²) in [7, 11) is 4.07. The topological polar surface area (TPSA) is 41.3 Å². The second kappa shape index (κ2) is 7.26. The van der Waals surface area contributed by atoms with Crippen molar-refractivity contribution in [3.8, 4) is 0 Å². The normalized spacial score (nSPS) is 13.6. The van der Waals surface area contributed by atoms with Crippen LogP contribution in [0.1, 0.15) is 38.5 Å². The molecule has 0 aliphatic heterocycles. The van der Waals surface area contributed by atoms with Crippen LogP contribution in [0.25, 0.3) is 0 Å². The van der Waals surface area contributed by atoms with Crippen molar-refractivity contribution in [3.63, 3.8) is 0 Å². The van der Waals surface area contributed by atoms with E-state index in [1.54, 1.807) is 6.20 Å². The maximum absolute atomic E-state index is 10.5. The Hall–Kier alpha value is -0.390. The molecule has 0 spiro atoms. The Morgan fingerprint density at radius 3 is 2.50 bits per heavy atom. The summed E-state index contributed by atoms with van der Waals surface area (Å²) in [5.41, 5.74) is 0.908. The number of halogens is 1. The van der Waals surface area contributed by atoms with Crippen LogP contribution in [0.4, 0.5) is 0 Å². The van der Waals surface area contributed by atoms with Crippen molar-refractivity contribution in [3.05, 3.63) is 16.4 Å². The zero-order valence-corrected chi connectivity index (χ0v) is 13.3. The highest BCUT2D eigenvalue weighted by atomic mass is 79.9. The van der Waals surface area contributed by atoms with Gasteiger partial charge in [0.1, 0.15) is 0 Å². The van der Waals surface area contributed by atoms with Gasteiger partial charge in [-0.25, -0.2) is 0 Å². The summed E-state index contributed by atoms with van der Waals surface area (Å²) in [5.74, 6) is 0.288. The average Bonchev–Trinajstić information content (AvgIpc) is 2.69. The van der Waals surface area contributed by atoms with Crippen LogP contribution in [0.5, 0.6) is 0 Å². The number of aliphatic hydroxyl groups excluding tert-OH is 1. The number of aromatic nitrogens is 2. The van der Waals surface area contributed by atoms with Crippen molar-refractivity contribution in [2.45, 2.75) is 39.3 Å². The van der Waals surface area contributed by atoms with Gasteiger partial charge in [0.15, 0.2) is 0 Å². The highest BCUT2D eigenvalue weighted by Crippen LogP contribution is 2.31. The van der Waals surface area contributed by atoms with Gasteiger partial charge >= 0.3 is 0 Å². The van der Waals surface area contributed by atoms with E-state index in [9.17, 15) is 5.11 Å². The van der Waals surface area contributed by atoms with E-state index >= 15 is 0 Å². The largest absolute Gasteiger partial charge is 0.386 e. The third kappa shape index (κ3) is 3.80. The van der Waals surface area contributed by atoms with Crippen LogP contribution in [0, 0.1) is 5.92 Å². The number of nitrogens with zero attached hydrogens (tertiary/aromatic N) is 3. The van der Waals surface area contributed by atoms with E-state index in [1.807, 2.05) is 18.8 Å². The van der Waals surface area contributed by atoms with Crippen LogP contribution < -0.4 is 0 Å². The van der Waals surface area contributed by atoms with Crippen molar-refractivity contribution in [2.24, 2.45) is 5.92 Å². The minimum atomic E-state index is -0.445. The Kier molecular flexibility index (Phi) is 6.32. The first-order valence-corrected chi connectivity index (χ1v) is 7.34. The van der Waals surface area contributed by atoms with Gasteiger partial charge in [0, 0.05) is 6.54 Å². The molecule has 0 amide bonds. The van der Waals surface area contributed by atoms with E-state index in [-0.39, 0.29) is 5.92 Å². The Bertz CT molecular complexity index is 361. The molecule has 0 saturated heterocycles. The Morgan fingerprint density at radius 2 is 2.00 bits per heavy atom. The molecule has 1 unspecified atom stereocenters. The lowest BCUT2D eigenvalue weighted by Crippen LogP contribution is -2.23. The fourth-order valence-corrected chi connectivity index (χ4v) is 2.63. The summed E-state index contributed by atoms with van der Waals surface area (Å²) in [5, 5.41) is 14.8. The van der Waals surface area contributed by atoms with Crippen LogP contribution >= 0.6 is 15.9 Å². The number of likely N-dealkylation sites (N-methyl/N-ethyl adjacent to an activating group) is 1. The predicted molar refractivity (Wildman–Crippen MR) is 77.5 cm³/mol. The smallest absolute Gasteiger partial charge is 0.0995 e. The van der Waals surface area contributed by atoms with Crippen LogP contribution in [-0.4, -0.2) is 40.4 Å². The van der Waals surface area contributed by atoms with Gasteiger partial charge in [-0.2, -0.15) is 5.10 Å². The van der Waals surface area contributed by atoms with Crippen LogP contribution in [-0.2, 0) is 6.54 Å². The van der Waals surface area contributed by atoms with Gasteiger partial charge in [-0.3, -0.25) is 4.68 Å². The summed E-state index contributed by atoms with van der Waals surface area (Å²) >= 11 is 3.49. The van der Waals surface area contributed by atoms with E-state index in [0.717, 1.165) is 36.1 Å². The quantitative estimate of drug-likeness (QED) is 0.840.